The number of aromatic nitrogens is 2. The lowest BCUT2D eigenvalue weighted by atomic mass is 10.2. The highest BCUT2D eigenvalue weighted by molar-refractivity contribution is 6.20. The van der Waals surface area contributed by atoms with Crippen LogP contribution in [0.4, 0.5) is 0 Å². The number of hydrogen-bond donors (Lipinski definition) is 0. The molecule has 1 rings (SSSR count). The minimum atomic E-state index is 0.178. The molecule has 12 heavy (non-hydrogen) atoms. The topological polar surface area (TPSA) is 25.8 Å². The van der Waals surface area contributed by atoms with Crippen LogP contribution in [-0.4, -0.2) is 15.3 Å². The SMILES string of the molecule is CCCC(Cl)Cc1ncccn1. The molecular weight excluding hydrogens is 172 g/mol. The number of hydrogen-bond acceptors (Lipinski definition) is 2. The first-order chi connectivity index (χ1) is 5.83. The summed E-state index contributed by atoms with van der Waals surface area (Å²) < 4.78 is 0. The quantitative estimate of drug-likeness (QED) is 0.672. The lowest BCUT2D eigenvalue weighted by molar-refractivity contribution is 0.702. The molecule has 1 unspecified atom stereocenters. The second kappa shape index (κ2) is 5.09. The standard InChI is InChI=1S/C9H13ClN2/c1-2-4-8(10)7-9-11-5-3-6-12-9/h3,5-6,8H,2,4,7H2,1H3. The molecule has 0 amide bonds. The average Bonchev–Trinajstić information content (AvgIpc) is 2.06. The molecule has 0 aliphatic heterocycles. The van der Waals surface area contributed by atoms with E-state index in [2.05, 4.69) is 16.9 Å². The molecule has 66 valence electrons. The Hall–Kier alpha value is -0.630. The molecule has 0 bridgehead atoms. The Labute approximate surface area is 78.0 Å². The number of alkyl halides is 1. The van der Waals surface area contributed by atoms with Gasteiger partial charge in [0, 0.05) is 24.2 Å². The largest absolute Gasteiger partial charge is 0.241 e. The zero-order chi connectivity index (χ0) is 8.81. The second-order valence-corrected chi connectivity index (χ2v) is 3.37. The summed E-state index contributed by atoms with van der Waals surface area (Å²) in [5.74, 6) is 0.839. The van der Waals surface area contributed by atoms with Crippen LogP contribution in [0.5, 0.6) is 0 Å². The van der Waals surface area contributed by atoms with E-state index >= 15 is 0 Å². The van der Waals surface area contributed by atoms with Crippen LogP contribution < -0.4 is 0 Å². The van der Waals surface area contributed by atoms with Gasteiger partial charge in [-0.1, -0.05) is 13.3 Å². The molecule has 1 atom stereocenters. The molecule has 0 radical (unpaired) electrons. The highest BCUT2D eigenvalue weighted by atomic mass is 35.5. The van der Waals surface area contributed by atoms with Gasteiger partial charge in [-0.05, 0) is 12.5 Å². The van der Waals surface area contributed by atoms with E-state index in [1.54, 1.807) is 12.4 Å². The van der Waals surface area contributed by atoms with E-state index in [4.69, 9.17) is 11.6 Å². The van der Waals surface area contributed by atoms with E-state index < -0.39 is 0 Å². The fourth-order valence-corrected chi connectivity index (χ4v) is 1.41. The maximum atomic E-state index is 6.04. The maximum Gasteiger partial charge on any atom is 0.129 e. The van der Waals surface area contributed by atoms with Crippen molar-refractivity contribution >= 4 is 11.6 Å². The molecule has 0 saturated heterocycles. The van der Waals surface area contributed by atoms with Gasteiger partial charge in [0.15, 0.2) is 0 Å². The van der Waals surface area contributed by atoms with Crippen LogP contribution in [0.3, 0.4) is 0 Å². The van der Waals surface area contributed by atoms with Crippen LogP contribution in [0.15, 0.2) is 18.5 Å². The summed E-state index contributed by atoms with van der Waals surface area (Å²) in [6.07, 6.45) is 6.41. The van der Waals surface area contributed by atoms with Crippen molar-refractivity contribution < 1.29 is 0 Å². The maximum absolute atomic E-state index is 6.04. The Balaban J connectivity index is 2.41. The second-order valence-electron chi connectivity index (χ2n) is 2.76. The molecule has 0 fully saturated rings. The summed E-state index contributed by atoms with van der Waals surface area (Å²) in [4.78, 5) is 8.21. The highest BCUT2D eigenvalue weighted by Crippen LogP contribution is 2.09. The first-order valence-electron chi connectivity index (χ1n) is 4.23. The fraction of sp³-hybridized carbons (Fsp3) is 0.556. The zero-order valence-electron chi connectivity index (χ0n) is 7.20. The molecule has 1 heterocycles. The molecule has 0 aromatic carbocycles. The molecule has 0 aliphatic carbocycles. The Bertz CT molecular complexity index is 213. The molecular formula is C9H13ClN2. The lowest BCUT2D eigenvalue weighted by Crippen LogP contribution is -2.05. The molecule has 0 saturated carbocycles. The Morgan fingerprint density at radius 1 is 1.42 bits per heavy atom. The Morgan fingerprint density at radius 3 is 2.67 bits per heavy atom. The van der Waals surface area contributed by atoms with Crippen molar-refractivity contribution in [1.29, 1.82) is 0 Å². The molecule has 0 spiro atoms. The first-order valence-corrected chi connectivity index (χ1v) is 4.66. The third-order valence-corrected chi connectivity index (χ3v) is 2.00. The van der Waals surface area contributed by atoms with Gasteiger partial charge in [0.05, 0.1) is 0 Å². The molecule has 2 nitrogen and oxygen atoms in total. The van der Waals surface area contributed by atoms with Crippen molar-refractivity contribution in [2.24, 2.45) is 0 Å². The Kier molecular flexibility index (Phi) is 4.01. The fourth-order valence-electron chi connectivity index (χ4n) is 1.05. The smallest absolute Gasteiger partial charge is 0.129 e. The predicted molar refractivity (Wildman–Crippen MR) is 50.3 cm³/mol. The van der Waals surface area contributed by atoms with Crippen LogP contribution in [0.1, 0.15) is 25.6 Å². The summed E-state index contributed by atoms with van der Waals surface area (Å²) in [7, 11) is 0. The summed E-state index contributed by atoms with van der Waals surface area (Å²) in [5.41, 5.74) is 0. The van der Waals surface area contributed by atoms with E-state index in [-0.39, 0.29) is 5.38 Å². The van der Waals surface area contributed by atoms with Gasteiger partial charge < -0.3 is 0 Å². The van der Waals surface area contributed by atoms with Crippen LogP contribution in [0.25, 0.3) is 0 Å². The van der Waals surface area contributed by atoms with Gasteiger partial charge in [-0.15, -0.1) is 11.6 Å². The molecule has 1 aromatic rings. The monoisotopic (exact) mass is 184 g/mol. The van der Waals surface area contributed by atoms with Crippen molar-refractivity contribution in [3.05, 3.63) is 24.3 Å². The van der Waals surface area contributed by atoms with Crippen molar-refractivity contribution in [3.63, 3.8) is 0 Å². The highest BCUT2D eigenvalue weighted by Gasteiger charge is 2.05. The minimum Gasteiger partial charge on any atom is -0.241 e. The molecule has 0 N–H and O–H groups in total. The third kappa shape index (κ3) is 3.18. The summed E-state index contributed by atoms with van der Waals surface area (Å²) in [6, 6.07) is 1.81. The van der Waals surface area contributed by atoms with Gasteiger partial charge in [-0.3, -0.25) is 0 Å². The zero-order valence-corrected chi connectivity index (χ0v) is 7.96. The van der Waals surface area contributed by atoms with Crippen LogP contribution >= 0.6 is 11.6 Å². The van der Waals surface area contributed by atoms with Gasteiger partial charge in [0.2, 0.25) is 0 Å². The van der Waals surface area contributed by atoms with Crippen molar-refractivity contribution in [1.82, 2.24) is 9.97 Å². The van der Waals surface area contributed by atoms with Gasteiger partial charge in [0.1, 0.15) is 5.82 Å². The molecule has 1 aromatic heterocycles. The van der Waals surface area contributed by atoms with Gasteiger partial charge in [0.25, 0.3) is 0 Å². The van der Waals surface area contributed by atoms with E-state index in [0.29, 0.717) is 0 Å². The van der Waals surface area contributed by atoms with E-state index in [9.17, 15) is 0 Å². The summed E-state index contributed by atoms with van der Waals surface area (Å²) >= 11 is 6.04. The predicted octanol–water partition coefficient (Wildman–Crippen LogP) is 2.43. The normalized spacial score (nSPS) is 12.8. The van der Waals surface area contributed by atoms with Gasteiger partial charge in [-0.2, -0.15) is 0 Å². The minimum absolute atomic E-state index is 0.178. The summed E-state index contributed by atoms with van der Waals surface area (Å²) in [6.45, 7) is 2.13. The van der Waals surface area contributed by atoms with Crippen LogP contribution in [0.2, 0.25) is 0 Å². The van der Waals surface area contributed by atoms with E-state index in [1.165, 1.54) is 0 Å². The summed E-state index contributed by atoms with van der Waals surface area (Å²) in [5, 5.41) is 0.178. The first kappa shape index (κ1) is 9.46. The number of rotatable bonds is 4. The van der Waals surface area contributed by atoms with Crippen molar-refractivity contribution in [2.45, 2.75) is 31.6 Å². The number of nitrogens with zero attached hydrogens (tertiary/aromatic N) is 2. The van der Waals surface area contributed by atoms with E-state index in [0.717, 1.165) is 25.1 Å². The third-order valence-electron chi connectivity index (χ3n) is 1.63. The van der Waals surface area contributed by atoms with Crippen LogP contribution in [0, 0.1) is 0 Å². The van der Waals surface area contributed by atoms with Crippen molar-refractivity contribution in [2.75, 3.05) is 0 Å². The molecule has 3 heteroatoms. The molecule has 0 aliphatic rings. The van der Waals surface area contributed by atoms with Crippen molar-refractivity contribution in [3.8, 4) is 0 Å². The lowest BCUT2D eigenvalue weighted by Gasteiger charge is -2.05. The number of halogens is 1. The Morgan fingerprint density at radius 2 is 2.08 bits per heavy atom. The van der Waals surface area contributed by atoms with Gasteiger partial charge >= 0.3 is 0 Å². The average molecular weight is 185 g/mol. The van der Waals surface area contributed by atoms with Gasteiger partial charge in [-0.25, -0.2) is 9.97 Å². The van der Waals surface area contributed by atoms with E-state index in [1.807, 2.05) is 6.07 Å². The van der Waals surface area contributed by atoms with Crippen LogP contribution in [-0.2, 0) is 6.42 Å².